The predicted octanol–water partition coefficient (Wildman–Crippen LogP) is -0.289. The lowest BCUT2D eigenvalue weighted by Gasteiger charge is -2.44. The molecule has 40 heavy (non-hydrogen) atoms. The number of epoxide rings is 1. The summed E-state index contributed by atoms with van der Waals surface area (Å²) in [4.78, 5) is 39.6. The maximum atomic E-state index is 13.8. The summed E-state index contributed by atoms with van der Waals surface area (Å²) in [6.07, 6.45) is -1.36. The second kappa shape index (κ2) is 7.95. The molecule has 4 aliphatic rings. The number of benzene rings is 2. The Morgan fingerprint density at radius 1 is 1.15 bits per heavy atom. The molecule has 0 amide bonds. The number of phenols is 3. The molecule has 0 aromatic heterocycles. The SMILES string of the molecule is COC(=O)C(O)C(C)(O)[C@@]12O[C@]13c1cc(O)c4c(c1N[C@H]2C=C=CC#C[C@H]3O)C(=O)c1c(ccc(O)c1O)C4=O. The molecule has 204 valence electrons. The first-order valence-electron chi connectivity index (χ1n) is 12.0. The van der Waals surface area contributed by atoms with Gasteiger partial charge in [-0.1, -0.05) is 11.8 Å². The van der Waals surface area contributed by atoms with Crippen LogP contribution in [0.1, 0.15) is 44.3 Å². The van der Waals surface area contributed by atoms with Crippen LogP contribution in [0.4, 0.5) is 5.69 Å². The van der Waals surface area contributed by atoms with Gasteiger partial charge in [-0.05, 0) is 31.2 Å². The highest BCUT2D eigenvalue weighted by molar-refractivity contribution is 6.32. The Hall–Kier alpha value is -4.63. The number of hydrogen-bond donors (Lipinski definition) is 7. The highest BCUT2D eigenvalue weighted by Gasteiger charge is 2.87. The molecule has 2 heterocycles. The number of ketones is 2. The number of fused-ring (bicyclic) bond motifs is 4. The first kappa shape index (κ1) is 25.6. The first-order chi connectivity index (χ1) is 18.9. The molecule has 2 aromatic carbocycles. The van der Waals surface area contributed by atoms with Crippen LogP contribution in [0.15, 0.2) is 36.1 Å². The standard InChI is InChI=1S/C28H21NO11/c1-26(38,24(36)25(37)39-2)28-15-6-4-3-5-7-16(32)27(28,40-28)12-10-14(31)18-19(20(12)29-15)23(35)17-11(21(18)33)8-9-13(30)22(17)34/h3,6,8-10,15-16,24,29-32,34,36,38H,1-2H3/t4?,15-,16+,24?,26?,27-,28+/m0/s1. The number of esters is 1. The van der Waals surface area contributed by atoms with Crippen LogP contribution < -0.4 is 5.32 Å². The maximum Gasteiger partial charge on any atom is 0.337 e. The highest BCUT2D eigenvalue weighted by atomic mass is 16.7. The number of hydrogen-bond acceptors (Lipinski definition) is 12. The summed E-state index contributed by atoms with van der Waals surface area (Å²) in [5.74, 6) is -0.0412. The van der Waals surface area contributed by atoms with Gasteiger partial charge in [-0.15, -0.1) is 5.73 Å². The summed E-state index contributed by atoms with van der Waals surface area (Å²) in [5.41, 5.74) is -5.66. The maximum absolute atomic E-state index is 13.8. The molecule has 6 rings (SSSR count). The Labute approximate surface area is 225 Å². The fourth-order valence-corrected chi connectivity index (χ4v) is 6.17. The van der Waals surface area contributed by atoms with Crippen LogP contribution in [-0.2, 0) is 19.9 Å². The number of aliphatic hydroxyl groups is 3. The van der Waals surface area contributed by atoms with E-state index in [9.17, 15) is 45.0 Å². The van der Waals surface area contributed by atoms with Crippen LogP contribution >= 0.6 is 0 Å². The topological polar surface area (TPSA) is 206 Å². The van der Waals surface area contributed by atoms with Crippen molar-refractivity contribution in [3.05, 3.63) is 63.9 Å². The van der Waals surface area contributed by atoms with Gasteiger partial charge < -0.3 is 45.4 Å². The molecule has 0 saturated carbocycles. The van der Waals surface area contributed by atoms with Crippen LogP contribution in [0.2, 0.25) is 0 Å². The zero-order valence-electron chi connectivity index (χ0n) is 20.8. The molecule has 2 aliphatic heterocycles. The van der Waals surface area contributed by atoms with Crippen molar-refractivity contribution < 1.29 is 54.5 Å². The molecular formula is C28H21NO11. The van der Waals surface area contributed by atoms with Crippen molar-refractivity contribution in [2.75, 3.05) is 12.4 Å². The fraction of sp³-hybridized carbons (Fsp3) is 0.286. The third-order valence-corrected chi connectivity index (χ3v) is 8.09. The lowest BCUT2D eigenvalue weighted by Crippen LogP contribution is -2.66. The van der Waals surface area contributed by atoms with E-state index < -0.39 is 86.5 Å². The summed E-state index contributed by atoms with van der Waals surface area (Å²) < 4.78 is 10.7. The van der Waals surface area contributed by atoms with E-state index in [1.165, 1.54) is 12.2 Å². The van der Waals surface area contributed by atoms with Gasteiger partial charge in [0, 0.05) is 17.2 Å². The van der Waals surface area contributed by atoms with Crippen molar-refractivity contribution in [1.82, 2.24) is 0 Å². The van der Waals surface area contributed by atoms with Gasteiger partial charge in [0.1, 0.15) is 11.4 Å². The van der Waals surface area contributed by atoms with E-state index in [0.29, 0.717) is 0 Å². The molecule has 2 aliphatic carbocycles. The number of nitrogens with one attached hydrogen (secondary N) is 1. The molecule has 2 unspecified atom stereocenters. The number of rotatable bonds is 3. The minimum absolute atomic E-state index is 0.109. The number of phenolic OH excluding ortho intramolecular Hbond substituents is 3. The predicted molar refractivity (Wildman–Crippen MR) is 133 cm³/mol. The van der Waals surface area contributed by atoms with E-state index in [-0.39, 0.29) is 16.8 Å². The van der Waals surface area contributed by atoms with Crippen molar-refractivity contribution >= 4 is 23.2 Å². The molecule has 1 fully saturated rings. The van der Waals surface area contributed by atoms with Crippen LogP contribution in [0.25, 0.3) is 0 Å². The molecule has 0 radical (unpaired) electrons. The van der Waals surface area contributed by atoms with Gasteiger partial charge in [0.05, 0.1) is 35.5 Å². The van der Waals surface area contributed by atoms with E-state index in [2.05, 4.69) is 27.6 Å². The van der Waals surface area contributed by atoms with Crippen LogP contribution in [0.5, 0.6) is 17.2 Å². The van der Waals surface area contributed by atoms with Crippen molar-refractivity contribution in [2.24, 2.45) is 0 Å². The molecule has 12 heteroatoms. The molecule has 0 spiro atoms. The number of methoxy groups -OCH3 is 1. The second-order valence-corrected chi connectivity index (χ2v) is 10.0. The van der Waals surface area contributed by atoms with Gasteiger partial charge in [0.2, 0.25) is 5.78 Å². The van der Waals surface area contributed by atoms with E-state index in [1.807, 2.05) is 0 Å². The Kier molecular flexibility index (Phi) is 5.10. The Balaban J connectivity index is 1.67. The summed E-state index contributed by atoms with van der Waals surface area (Å²) >= 11 is 0. The van der Waals surface area contributed by atoms with Gasteiger partial charge in [-0.25, -0.2) is 4.79 Å². The molecule has 2 bridgehead atoms. The average Bonchev–Trinajstić information content (AvgIpc) is 3.65. The molecule has 1 saturated heterocycles. The summed E-state index contributed by atoms with van der Waals surface area (Å²) in [7, 11) is 1.00. The van der Waals surface area contributed by atoms with E-state index in [1.54, 1.807) is 0 Å². The van der Waals surface area contributed by atoms with Gasteiger partial charge in [0.15, 0.2) is 40.7 Å². The monoisotopic (exact) mass is 547 g/mol. The minimum Gasteiger partial charge on any atom is -0.507 e. The lowest BCUT2D eigenvalue weighted by molar-refractivity contribution is -0.174. The Morgan fingerprint density at radius 3 is 2.58 bits per heavy atom. The molecular weight excluding hydrogens is 526 g/mol. The number of carbonyl (C=O) groups excluding carboxylic acids is 3. The van der Waals surface area contributed by atoms with E-state index in [4.69, 9.17) is 4.74 Å². The molecule has 7 N–H and O–H groups in total. The minimum atomic E-state index is -2.48. The summed E-state index contributed by atoms with van der Waals surface area (Å²) in [6, 6.07) is 2.00. The molecule has 2 aromatic rings. The number of aliphatic hydroxyl groups excluding tert-OH is 2. The van der Waals surface area contributed by atoms with Gasteiger partial charge in [-0.3, -0.25) is 9.59 Å². The third-order valence-electron chi connectivity index (χ3n) is 8.09. The zero-order chi connectivity index (χ0) is 28.9. The zero-order valence-corrected chi connectivity index (χ0v) is 20.8. The third kappa shape index (κ3) is 2.77. The summed E-state index contributed by atoms with van der Waals surface area (Å²) in [5, 5.41) is 68.4. The molecule has 12 nitrogen and oxygen atoms in total. The number of anilines is 1. The Morgan fingerprint density at radius 2 is 1.88 bits per heavy atom. The van der Waals surface area contributed by atoms with E-state index in [0.717, 1.165) is 32.2 Å². The first-order valence-corrected chi connectivity index (χ1v) is 12.0. The number of aromatic hydroxyl groups is 3. The quantitative estimate of drug-likeness (QED) is 0.0564. The second-order valence-electron chi connectivity index (χ2n) is 10.0. The van der Waals surface area contributed by atoms with Gasteiger partial charge in [0.25, 0.3) is 0 Å². The van der Waals surface area contributed by atoms with Crippen LogP contribution in [-0.4, -0.2) is 84.7 Å². The summed E-state index contributed by atoms with van der Waals surface area (Å²) in [6.45, 7) is 1.09. The normalized spacial score (nSPS) is 28.9. The number of ether oxygens (including phenoxy) is 2. The number of carbonyl (C=O) groups is 3. The van der Waals surface area contributed by atoms with Crippen molar-refractivity contribution in [3.8, 4) is 29.1 Å². The largest absolute Gasteiger partial charge is 0.507 e. The fourth-order valence-electron chi connectivity index (χ4n) is 6.17. The highest BCUT2D eigenvalue weighted by Crippen LogP contribution is 2.70. The van der Waals surface area contributed by atoms with Crippen molar-refractivity contribution in [2.45, 2.75) is 42.0 Å². The van der Waals surface area contributed by atoms with Gasteiger partial charge >= 0.3 is 5.97 Å². The van der Waals surface area contributed by atoms with Gasteiger partial charge in [-0.2, -0.15) is 0 Å². The lowest BCUT2D eigenvalue weighted by atomic mass is 9.64. The smallest absolute Gasteiger partial charge is 0.337 e. The van der Waals surface area contributed by atoms with E-state index >= 15 is 0 Å². The van der Waals surface area contributed by atoms with Crippen LogP contribution in [0.3, 0.4) is 0 Å². The van der Waals surface area contributed by atoms with Crippen LogP contribution in [0, 0.1) is 11.8 Å². The average molecular weight is 547 g/mol. The van der Waals surface area contributed by atoms with Crippen molar-refractivity contribution in [1.29, 1.82) is 0 Å². The molecule has 6 atom stereocenters. The Bertz CT molecular complexity index is 1710. The van der Waals surface area contributed by atoms with Crippen molar-refractivity contribution in [3.63, 3.8) is 0 Å².